The van der Waals surface area contributed by atoms with E-state index in [1.807, 2.05) is 13.1 Å². The number of aromatic nitrogens is 5. The van der Waals surface area contributed by atoms with Crippen molar-refractivity contribution in [2.45, 2.75) is 65.3 Å². The lowest BCUT2D eigenvalue weighted by atomic mass is 9.95. The van der Waals surface area contributed by atoms with Crippen molar-refractivity contribution in [2.24, 2.45) is 0 Å². The fourth-order valence-corrected chi connectivity index (χ4v) is 5.18. The average Bonchev–Trinajstić information content (AvgIpc) is 3.44. The lowest BCUT2D eigenvalue weighted by molar-refractivity contribution is 0.165. The van der Waals surface area contributed by atoms with E-state index >= 15 is 0 Å². The Morgan fingerprint density at radius 2 is 1.85 bits per heavy atom. The van der Waals surface area contributed by atoms with Crippen molar-refractivity contribution in [3.8, 4) is 22.6 Å². The van der Waals surface area contributed by atoms with Crippen LogP contribution in [0.15, 0.2) is 36.5 Å². The molecule has 1 aromatic carbocycles. The van der Waals surface area contributed by atoms with Gasteiger partial charge in [0, 0.05) is 52.4 Å². The van der Waals surface area contributed by atoms with Gasteiger partial charge in [0.1, 0.15) is 5.82 Å². The molecule has 33 heavy (non-hydrogen) atoms. The Hall–Kier alpha value is -2.99. The topological polar surface area (TPSA) is 73.5 Å². The van der Waals surface area contributed by atoms with Crippen LogP contribution in [0.5, 0.6) is 0 Å². The minimum Gasteiger partial charge on any atom is -0.354 e. The highest BCUT2D eigenvalue weighted by Crippen LogP contribution is 2.37. The molecule has 6 heteroatoms. The number of benzene rings is 1. The van der Waals surface area contributed by atoms with E-state index in [0.717, 1.165) is 35.0 Å². The first-order valence-electron chi connectivity index (χ1n) is 12.2. The van der Waals surface area contributed by atoms with E-state index in [9.17, 15) is 0 Å². The molecule has 0 aliphatic carbocycles. The van der Waals surface area contributed by atoms with Gasteiger partial charge < -0.3 is 14.9 Å². The third-order valence-electron chi connectivity index (χ3n) is 6.95. The number of aryl methyl sites for hydroxylation is 1. The number of likely N-dealkylation sites (tertiary alicyclic amines) is 1. The average molecular weight is 443 g/mol. The molecule has 2 N–H and O–H groups in total. The number of nitrogens with one attached hydrogen (secondary N) is 2. The SMILES string of the molecule is Cc1cc(-c2[nH]c3ccc(-c4nnc(C5CCCN(C(C)C)C5)[nH]4)cc3c2C(C)C)ccn1. The van der Waals surface area contributed by atoms with E-state index in [1.165, 1.54) is 41.6 Å². The van der Waals surface area contributed by atoms with Crippen LogP contribution in [-0.4, -0.2) is 49.2 Å². The summed E-state index contributed by atoms with van der Waals surface area (Å²) in [4.78, 5) is 14.1. The van der Waals surface area contributed by atoms with Gasteiger partial charge in [-0.15, -0.1) is 10.2 Å². The second-order valence-corrected chi connectivity index (χ2v) is 10.0. The molecule has 0 saturated carbocycles. The number of hydrogen-bond donors (Lipinski definition) is 2. The smallest absolute Gasteiger partial charge is 0.161 e. The van der Waals surface area contributed by atoms with E-state index < -0.39 is 0 Å². The number of piperidine rings is 1. The van der Waals surface area contributed by atoms with Gasteiger partial charge in [-0.1, -0.05) is 13.8 Å². The molecule has 5 rings (SSSR count). The van der Waals surface area contributed by atoms with Crippen LogP contribution in [0.4, 0.5) is 0 Å². The van der Waals surface area contributed by atoms with Gasteiger partial charge in [-0.3, -0.25) is 4.98 Å². The molecule has 0 bridgehead atoms. The molecular weight excluding hydrogens is 408 g/mol. The van der Waals surface area contributed by atoms with Crippen LogP contribution in [0.2, 0.25) is 0 Å². The first kappa shape index (κ1) is 21.8. The highest BCUT2D eigenvalue weighted by atomic mass is 15.2. The Morgan fingerprint density at radius 1 is 1.00 bits per heavy atom. The second-order valence-electron chi connectivity index (χ2n) is 10.0. The number of hydrogen-bond acceptors (Lipinski definition) is 4. The van der Waals surface area contributed by atoms with Crippen LogP contribution in [0.1, 0.15) is 69.5 Å². The zero-order chi connectivity index (χ0) is 23.1. The Morgan fingerprint density at radius 3 is 2.61 bits per heavy atom. The molecule has 0 radical (unpaired) electrons. The summed E-state index contributed by atoms with van der Waals surface area (Å²) >= 11 is 0. The van der Waals surface area contributed by atoms with Gasteiger partial charge in [0.2, 0.25) is 0 Å². The molecule has 1 aliphatic rings. The predicted molar refractivity (Wildman–Crippen MR) is 134 cm³/mol. The first-order chi connectivity index (χ1) is 15.9. The third kappa shape index (κ3) is 4.20. The quantitative estimate of drug-likeness (QED) is 0.395. The van der Waals surface area contributed by atoms with Crippen molar-refractivity contribution < 1.29 is 0 Å². The van der Waals surface area contributed by atoms with Crippen LogP contribution in [0.3, 0.4) is 0 Å². The summed E-state index contributed by atoms with van der Waals surface area (Å²) in [6.07, 6.45) is 4.26. The van der Waals surface area contributed by atoms with Gasteiger partial charge in [0.05, 0.1) is 5.69 Å². The maximum atomic E-state index is 4.56. The van der Waals surface area contributed by atoms with Crippen molar-refractivity contribution in [2.75, 3.05) is 13.1 Å². The zero-order valence-electron chi connectivity index (χ0n) is 20.3. The molecule has 1 fully saturated rings. The van der Waals surface area contributed by atoms with Crippen molar-refractivity contribution >= 4 is 10.9 Å². The van der Waals surface area contributed by atoms with Gasteiger partial charge in [-0.25, -0.2) is 0 Å². The Labute approximate surface area is 195 Å². The summed E-state index contributed by atoms with van der Waals surface area (Å²) in [5.74, 6) is 2.67. The summed E-state index contributed by atoms with van der Waals surface area (Å²) in [5.41, 5.74) is 6.93. The second kappa shape index (κ2) is 8.75. The molecule has 1 saturated heterocycles. The Balaban J connectivity index is 1.51. The minimum absolute atomic E-state index is 0.381. The highest BCUT2D eigenvalue weighted by Gasteiger charge is 2.26. The van der Waals surface area contributed by atoms with E-state index in [0.29, 0.717) is 17.9 Å². The zero-order valence-corrected chi connectivity index (χ0v) is 20.3. The number of fused-ring (bicyclic) bond motifs is 1. The molecule has 6 nitrogen and oxygen atoms in total. The van der Waals surface area contributed by atoms with Gasteiger partial charge in [0.15, 0.2) is 5.82 Å². The van der Waals surface area contributed by atoms with Gasteiger partial charge in [-0.05, 0) is 82.0 Å². The van der Waals surface area contributed by atoms with Crippen molar-refractivity contribution in [3.05, 3.63) is 53.6 Å². The van der Waals surface area contributed by atoms with Gasteiger partial charge in [-0.2, -0.15) is 0 Å². The molecule has 1 unspecified atom stereocenters. The largest absolute Gasteiger partial charge is 0.354 e. The molecular formula is C27H34N6. The fourth-order valence-electron chi connectivity index (χ4n) is 5.18. The number of nitrogens with zero attached hydrogens (tertiary/aromatic N) is 4. The molecule has 172 valence electrons. The fraction of sp³-hybridized carbons (Fsp3) is 0.444. The lowest BCUT2D eigenvalue weighted by Gasteiger charge is -2.34. The Kier molecular flexibility index (Phi) is 5.79. The molecule has 0 amide bonds. The molecule has 0 spiro atoms. The maximum Gasteiger partial charge on any atom is 0.161 e. The van der Waals surface area contributed by atoms with Crippen molar-refractivity contribution in [1.82, 2.24) is 30.0 Å². The van der Waals surface area contributed by atoms with E-state index in [-0.39, 0.29) is 0 Å². The minimum atomic E-state index is 0.381. The monoisotopic (exact) mass is 442 g/mol. The summed E-state index contributed by atoms with van der Waals surface area (Å²) in [6, 6.07) is 11.3. The standard InChI is InChI=1S/C27H34N6/c1-16(2)24-22-14-20(8-9-23(22)29-25(24)19-10-11-28-18(5)13-19)26-30-27(32-31-26)21-7-6-12-33(15-21)17(3)4/h8-11,13-14,16-17,21,29H,6-7,12,15H2,1-5H3,(H,30,31,32). The molecule has 4 heterocycles. The summed E-state index contributed by atoms with van der Waals surface area (Å²) < 4.78 is 0. The van der Waals surface area contributed by atoms with Crippen LogP contribution in [0.25, 0.3) is 33.5 Å². The van der Waals surface area contributed by atoms with Gasteiger partial charge >= 0.3 is 0 Å². The maximum absolute atomic E-state index is 4.56. The molecule has 3 aromatic heterocycles. The van der Waals surface area contributed by atoms with E-state index in [4.69, 9.17) is 0 Å². The number of H-pyrrole nitrogens is 2. The summed E-state index contributed by atoms with van der Waals surface area (Å²) in [6.45, 7) is 13.3. The van der Waals surface area contributed by atoms with Crippen LogP contribution in [0, 0.1) is 6.92 Å². The van der Waals surface area contributed by atoms with Crippen LogP contribution >= 0.6 is 0 Å². The number of aromatic amines is 2. The predicted octanol–water partition coefficient (Wildman–Crippen LogP) is 6.03. The summed E-state index contributed by atoms with van der Waals surface area (Å²) in [7, 11) is 0. The van der Waals surface area contributed by atoms with Crippen LogP contribution < -0.4 is 0 Å². The molecule has 4 aromatic rings. The number of pyridine rings is 1. The lowest BCUT2D eigenvalue weighted by Crippen LogP contribution is -2.39. The van der Waals surface area contributed by atoms with Crippen molar-refractivity contribution in [1.29, 1.82) is 0 Å². The van der Waals surface area contributed by atoms with E-state index in [1.54, 1.807) is 0 Å². The number of rotatable bonds is 5. The highest BCUT2D eigenvalue weighted by molar-refractivity contribution is 5.93. The van der Waals surface area contributed by atoms with Crippen molar-refractivity contribution in [3.63, 3.8) is 0 Å². The summed E-state index contributed by atoms with van der Waals surface area (Å²) in [5, 5.41) is 10.4. The Bertz CT molecular complexity index is 1260. The normalized spacial score (nSPS) is 17.5. The van der Waals surface area contributed by atoms with Gasteiger partial charge in [0.25, 0.3) is 0 Å². The molecule has 1 atom stereocenters. The van der Waals surface area contributed by atoms with Crippen LogP contribution in [-0.2, 0) is 0 Å². The molecule has 1 aliphatic heterocycles. The third-order valence-corrected chi connectivity index (χ3v) is 6.95. The first-order valence-corrected chi connectivity index (χ1v) is 12.2. The van der Waals surface area contributed by atoms with E-state index in [2.05, 4.69) is 88.1 Å².